The predicted octanol–water partition coefficient (Wildman–Crippen LogP) is 13.4. The first-order chi connectivity index (χ1) is 28.2. The van der Waals surface area contributed by atoms with Gasteiger partial charge in [-0.2, -0.15) is 0 Å². The fourth-order valence-electron chi connectivity index (χ4n) is 8.57. The Balaban J connectivity index is 1.11. The van der Waals surface area contributed by atoms with Gasteiger partial charge in [-0.15, -0.1) is 11.3 Å². The summed E-state index contributed by atoms with van der Waals surface area (Å²) in [4.78, 5) is 16.2. The van der Waals surface area contributed by atoms with Crippen LogP contribution in [0.25, 0.3) is 109 Å². The highest BCUT2D eigenvalue weighted by Gasteiger charge is 2.21. The van der Waals surface area contributed by atoms with Crippen molar-refractivity contribution in [3.63, 3.8) is 0 Å². The van der Waals surface area contributed by atoms with Crippen LogP contribution in [-0.4, -0.2) is 24.1 Å². The zero-order chi connectivity index (χ0) is 37.5. The highest BCUT2D eigenvalue weighted by molar-refractivity contribution is 7.22. The minimum Gasteiger partial charge on any atom is -0.309 e. The van der Waals surface area contributed by atoms with Gasteiger partial charge < -0.3 is 4.57 Å². The van der Waals surface area contributed by atoms with Crippen molar-refractivity contribution in [1.29, 1.82) is 0 Å². The Morgan fingerprint density at radius 1 is 0.404 bits per heavy atom. The number of thiophene rings is 1. The maximum atomic E-state index is 5.42. The second-order valence-corrected chi connectivity index (χ2v) is 15.6. The summed E-state index contributed by atoms with van der Waals surface area (Å²) in [6.07, 6.45) is 3.68. The molecule has 266 valence electrons. The van der Waals surface area contributed by atoms with Crippen LogP contribution < -0.4 is 0 Å². The van der Waals surface area contributed by atoms with E-state index in [0.29, 0.717) is 5.95 Å². The Labute approximate surface area is 331 Å². The van der Waals surface area contributed by atoms with Crippen LogP contribution in [0.5, 0.6) is 0 Å². The summed E-state index contributed by atoms with van der Waals surface area (Å²) in [6.45, 7) is 0. The van der Waals surface area contributed by atoms with Gasteiger partial charge in [0.1, 0.15) is 0 Å². The highest BCUT2D eigenvalue weighted by atomic mass is 32.1. The lowest BCUT2D eigenvalue weighted by Gasteiger charge is -2.11. The van der Waals surface area contributed by atoms with Crippen LogP contribution in [0, 0.1) is 0 Å². The molecule has 0 saturated heterocycles. The lowest BCUT2D eigenvalue weighted by atomic mass is 10.0. The van der Waals surface area contributed by atoms with Gasteiger partial charge in [-0.1, -0.05) is 109 Å². The second-order valence-electron chi connectivity index (χ2n) is 14.5. The van der Waals surface area contributed by atoms with Gasteiger partial charge in [0.15, 0.2) is 0 Å². The van der Waals surface area contributed by atoms with E-state index < -0.39 is 0 Å². The molecule has 6 heteroatoms. The summed E-state index contributed by atoms with van der Waals surface area (Å²) in [7, 11) is 0. The van der Waals surface area contributed by atoms with Crippen molar-refractivity contribution in [2.45, 2.75) is 0 Å². The molecule has 0 radical (unpaired) electrons. The van der Waals surface area contributed by atoms with Crippen LogP contribution in [0.1, 0.15) is 0 Å². The summed E-state index contributed by atoms with van der Waals surface area (Å²) in [6, 6.07) is 63.1. The van der Waals surface area contributed by atoms with Crippen LogP contribution >= 0.6 is 11.3 Å². The molecule has 0 amide bonds. The number of para-hydroxylation sites is 2. The molecule has 5 aromatic heterocycles. The molecule has 5 nitrogen and oxygen atoms in total. The van der Waals surface area contributed by atoms with Crippen LogP contribution in [-0.2, 0) is 0 Å². The molecular formula is C51H31N5S. The highest BCUT2D eigenvalue weighted by Crippen LogP contribution is 2.42. The number of fused-ring (bicyclic) bond motifs is 8. The first kappa shape index (κ1) is 31.9. The monoisotopic (exact) mass is 745 g/mol. The van der Waals surface area contributed by atoms with Crippen LogP contribution in [0.2, 0.25) is 0 Å². The van der Waals surface area contributed by atoms with Crippen LogP contribution in [0.3, 0.4) is 0 Å². The van der Waals surface area contributed by atoms with E-state index in [1.165, 1.54) is 32.6 Å². The molecule has 7 aromatic carbocycles. The number of benzene rings is 7. The number of aromatic nitrogens is 5. The van der Waals surface area contributed by atoms with E-state index in [1.807, 2.05) is 18.5 Å². The van der Waals surface area contributed by atoms with Crippen molar-refractivity contribution in [2.75, 3.05) is 0 Å². The molecule has 12 aromatic rings. The van der Waals surface area contributed by atoms with Gasteiger partial charge >= 0.3 is 0 Å². The third-order valence-corrected chi connectivity index (χ3v) is 12.4. The first-order valence-electron chi connectivity index (χ1n) is 19.1. The Morgan fingerprint density at radius 2 is 1.05 bits per heavy atom. The van der Waals surface area contributed by atoms with Crippen molar-refractivity contribution < 1.29 is 0 Å². The lowest BCUT2D eigenvalue weighted by Crippen LogP contribution is -2.02. The maximum Gasteiger partial charge on any atom is 0.235 e. The molecular weight excluding hydrogens is 715 g/mol. The van der Waals surface area contributed by atoms with Crippen LogP contribution in [0.15, 0.2) is 188 Å². The van der Waals surface area contributed by atoms with E-state index >= 15 is 0 Å². The van der Waals surface area contributed by atoms with Gasteiger partial charge in [-0.25, -0.2) is 9.97 Å². The Morgan fingerprint density at radius 3 is 1.89 bits per heavy atom. The quantitative estimate of drug-likeness (QED) is 0.176. The number of hydrogen-bond acceptors (Lipinski definition) is 4. The zero-order valence-electron chi connectivity index (χ0n) is 30.5. The lowest BCUT2D eigenvalue weighted by molar-refractivity contribution is 1.02. The van der Waals surface area contributed by atoms with E-state index in [9.17, 15) is 0 Å². The summed E-state index contributed by atoms with van der Waals surface area (Å²) in [5.41, 5.74) is 12.0. The van der Waals surface area contributed by atoms with Crippen LogP contribution in [0.4, 0.5) is 0 Å². The predicted molar refractivity (Wildman–Crippen MR) is 238 cm³/mol. The van der Waals surface area contributed by atoms with E-state index in [-0.39, 0.29) is 0 Å². The average molecular weight is 746 g/mol. The van der Waals surface area contributed by atoms with Gasteiger partial charge in [0.2, 0.25) is 5.95 Å². The third-order valence-electron chi connectivity index (χ3n) is 11.2. The molecule has 0 aliphatic carbocycles. The molecule has 0 atom stereocenters. The van der Waals surface area contributed by atoms with E-state index in [4.69, 9.17) is 9.97 Å². The molecule has 57 heavy (non-hydrogen) atoms. The van der Waals surface area contributed by atoms with E-state index in [2.05, 4.69) is 184 Å². The molecule has 5 heterocycles. The van der Waals surface area contributed by atoms with Crippen molar-refractivity contribution >= 4 is 75.9 Å². The van der Waals surface area contributed by atoms with Gasteiger partial charge in [-0.3, -0.25) is 9.55 Å². The minimum absolute atomic E-state index is 0.650. The first-order valence-corrected chi connectivity index (χ1v) is 19.9. The summed E-state index contributed by atoms with van der Waals surface area (Å²) >= 11 is 1.72. The number of pyridine rings is 1. The Bertz CT molecular complexity index is 3510. The fourth-order valence-corrected chi connectivity index (χ4v) is 9.69. The van der Waals surface area contributed by atoms with Gasteiger partial charge in [0, 0.05) is 50.1 Å². The number of nitrogens with zero attached hydrogens (tertiary/aromatic N) is 5. The molecule has 0 fully saturated rings. The molecule has 0 spiro atoms. The molecule has 0 aliphatic heterocycles. The summed E-state index contributed by atoms with van der Waals surface area (Å²) < 4.78 is 5.70. The fraction of sp³-hybridized carbons (Fsp3) is 0. The third kappa shape index (κ3) is 5.04. The maximum absolute atomic E-state index is 5.42. The van der Waals surface area contributed by atoms with Crippen molar-refractivity contribution in [3.05, 3.63) is 188 Å². The number of rotatable bonds is 5. The second kappa shape index (κ2) is 12.6. The molecule has 0 saturated carbocycles. The normalized spacial score (nSPS) is 11.9. The molecule has 0 aliphatic rings. The minimum atomic E-state index is 0.650. The van der Waals surface area contributed by atoms with Gasteiger partial charge in [-0.05, 0) is 94.2 Å². The largest absolute Gasteiger partial charge is 0.309 e. The molecule has 12 rings (SSSR count). The summed E-state index contributed by atoms with van der Waals surface area (Å²) in [5, 5.41) is 7.18. The summed E-state index contributed by atoms with van der Waals surface area (Å²) in [5.74, 6) is 0.650. The molecule has 0 N–H and O–H groups in total. The molecule has 0 bridgehead atoms. The average Bonchev–Trinajstić information content (AvgIpc) is 3.96. The molecule has 0 unspecified atom stereocenters. The number of hydrogen-bond donors (Lipinski definition) is 0. The van der Waals surface area contributed by atoms with E-state index in [1.54, 1.807) is 11.3 Å². The topological polar surface area (TPSA) is 48.5 Å². The smallest absolute Gasteiger partial charge is 0.235 e. The van der Waals surface area contributed by atoms with Crippen molar-refractivity contribution in [2.24, 2.45) is 0 Å². The van der Waals surface area contributed by atoms with Crippen molar-refractivity contribution in [3.8, 4) is 44.5 Å². The SMILES string of the molecule is c1ccc(-c2nc(-n3c4ccc(-c5ccc6c7ccccc7n(-c7ccccc7)c6c5)cc4c4cc5ccccc5cc43)nc3cc(-c4ccncc4)sc23)cc1. The standard InChI is InChI=1S/C51H31N5S/c1-3-11-33(12-4-1)49-50-43(31-48(57-50)32-23-25-52-26-24-32)53-51(54-49)56-45-22-20-36(28-41(45)42-27-34-13-7-8-14-35(34)29-47(42)56)37-19-21-40-39-17-9-10-18-44(39)55(46(40)30-37)38-15-5-2-6-16-38/h1-31H. The Kier molecular flexibility index (Phi) is 7.03. The van der Waals surface area contributed by atoms with Crippen molar-refractivity contribution in [1.82, 2.24) is 24.1 Å². The van der Waals surface area contributed by atoms with Gasteiger partial charge in [0.05, 0.1) is 38.0 Å². The van der Waals surface area contributed by atoms with Gasteiger partial charge in [0.25, 0.3) is 0 Å². The Hall–Kier alpha value is -7.41. The zero-order valence-corrected chi connectivity index (χ0v) is 31.4. The van der Waals surface area contributed by atoms with E-state index in [0.717, 1.165) is 70.5 Å².